The molecular weight excluding hydrogens is 488 g/mol. The maximum absolute atomic E-state index is 4.56. The Labute approximate surface area is 187 Å². The number of hydrogen-bond acceptors (Lipinski definition) is 2. The van der Waals surface area contributed by atoms with Crippen LogP contribution in [-0.4, -0.2) is 6.21 Å². The first-order valence-electron chi connectivity index (χ1n) is 9.19. The van der Waals surface area contributed by atoms with Crippen molar-refractivity contribution in [2.24, 2.45) is 4.99 Å². The van der Waals surface area contributed by atoms with Crippen LogP contribution in [-0.2, 0) is 0 Å². The lowest BCUT2D eigenvalue weighted by molar-refractivity contribution is 1.51. The highest BCUT2D eigenvalue weighted by molar-refractivity contribution is 9.10. The standard InChI is InChI=1S/C25H18Br2N2/c26-21-7-11-23(12-8-21)28-16-15-25(29-24-13-9-22(27)10-14-24)20-6-5-18-3-1-2-4-19(18)17-20/h1-17,29H/b25-15-,28-16?. The molecule has 0 atom stereocenters. The van der Waals surface area contributed by atoms with Crippen molar-refractivity contribution < 1.29 is 0 Å². The van der Waals surface area contributed by atoms with Crippen molar-refractivity contribution in [1.29, 1.82) is 0 Å². The largest absolute Gasteiger partial charge is 0.355 e. The molecule has 0 aliphatic heterocycles. The second kappa shape index (κ2) is 9.21. The van der Waals surface area contributed by atoms with Crippen molar-refractivity contribution in [3.8, 4) is 0 Å². The lowest BCUT2D eigenvalue weighted by atomic mass is 10.0. The van der Waals surface area contributed by atoms with Crippen LogP contribution in [0.5, 0.6) is 0 Å². The van der Waals surface area contributed by atoms with Crippen molar-refractivity contribution in [1.82, 2.24) is 0 Å². The van der Waals surface area contributed by atoms with E-state index in [4.69, 9.17) is 0 Å². The minimum absolute atomic E-state index is 0.908. The number of fused-ring (bicyclic) bond motifs is 1. The number of halogens is 2. The van der Waals surface area contributed by atoms with Gasteiger partial charge in [-0.1, -0.05) is 68.3 Å². The molecule has 2 nitrogen and oxygen atoms in total. The monoisotopic (exact) mass is 504 g/mol. The molecule has 0 aromatic heterocycles. The van der Waals surface area contributed by atoms with Gasteiger partial charge in [-0.25, -0.2) is 0 Å². The van der Waals surface area contributed by atoms with Crippen LogP contribution in [0.2, 0.25) is 0 Å². The van der Waals surface area contributed by atoms with Crippen LogP contribution in [0.25, 0.3) is 16.5 Å². The summed E-state index contributed by atoms with van der Waals surface area (Å²) in [5.74, 6) is 0. The number of benzene rings is 4. The molecule has 0 radical (unpaired) electrons. The van der Waals surface area contributed by atoms with Gasteiger partial charge in [0.1, 0.15) is 0 Å². The summed E-state index contributed by atoms with van der Waals surface area (Å²) < 4.78 is 2.09. The summed E-state index contributed by atoms with van der Waals surface area (Å²) in [6.07, 6.45) is 3.84. The zero-order valence-electron chi connectivity index (χ0n) is 15.5. The fourth-order valence-electron chi connectivity index (χ4n) is 2.98. The highest BCUT2D eigenvalue weighted by Crippen LogP contribution is 2.24. The maximum Gasteiger partial charge on any atom is 0.0630 e. The van der Waals surface area contributed by atoms with Crippen molar-refractivity contribution in [2.75, 3.05) is 5.32 Å². The number of rotatable bonds is 5. The average molecular weight is 506 g/mol. The molecule has 142 valence electrons. The molecule has 0 saturated heterocycles. The number of nitrogens with one attached hydrogen (secondary N) is 1. The fourth-order valence-corrected chi connectivity index (χ4v) is 3.51. The van der Waals surface area contributed by atoms with E-state index < -0.39 is 0 Å². The fraction of sp³-hybridized carbons (Fsp3) is 0. The zero-order chi connectivity index (χ0) is 20.1. The van der Waals surface area contributed by atoms with Gasteiger partial charge in [0.2, 0.25) is 0 Å². The number of anilines is 1. The van der Waals surface area contributed by atoms with Gasteiger partial charge < -0.3 is 5.32 Å². The first-order valence-corrected chi connectivity index (χ1v) is 10.8. The second-order valence-electron chi connectivity index (χ2n) is 6.53. The summed E-state index contributed by atoms with van der Waals surface area (Å²) in [5.41, 5.74) is 4.02. The molecule has 4 aromatic carbocycles. The van der Waals surface area contributed by atoms with E-state index in [-0.39, 0.29) is 0 Å². The van der Waals surface area contributed by atoms with E-state index in [1.807, 2.05) is 60.8 Å². The Bertz CT molecular complexity index is 1180. The Morgan fingerprint density at radius 2 is 1.38 bits per heavy atom. The molecule has 29 heavy (non-hydrogen) atoms. The van der Waals surface area contributed by atoms with E-state index >= 15 is 0 Å². The van der Waals surface area contributed by atoms with Crippen molar-refractivity contribution in [2.45, 2.75) is 0 Å². The smallest absolute Gasteiger partial charge is 0.0630 e. The van der Waals surface area contributed by atoms with Crippen LogP contribution in [0.15, 0.2) is 111 Å². The van der Waals surface area contributed by atoms with Gasteiger partial charge >= 0.3 is 0 Å². The van der Waals surface area contributed by atoms with E-state index in [9.17, 15) is 0 Å². The second-order valence-corrected chi connectivity index (χ2v) is 8.36. The summed E-state index contributed by atoms with van der Waals surface area (Å²) in [5, 5.41) is 5.96. The highest BCUT2D eigenvalue weighted by atomic mass is 79.9. The third-order valence-electron chi connectivity index (χ3n) is 4.48. The molecule has 0 aliphatic carbocycles. The van der Waals surface area contributed by atoms with Crippen molar-refractivity contribution >= 4 is 65.9 Å². The quantitative estimate of drug-likeness (QED) is 0.271. The molecule has 0 heterocycles. The number of hydrogen-bond donors (Lipinski definition) is 1. The van der Waals surface area contributed by atoms with Gasteiger partial charge in [-0.15, -0.1) is 0 Å². The van der Waals surface area contributed by atoms with Crippen molar-refractivity contribution in [3.63, 3.8) is 0 Å². The minimum atomic E-state index is 0.908. The molecular formula is C25H18Br2N2. The number of aliphatic imine (C=N–C) groups is 1. The Morgan fingerprint density at radius 1 is 0.724 bits per heavy atom. The Hall–Kier alpha value is -2.69. The molecule has 1 N–H and O–H groups in total. The summed E-state index contributed by atoms with van der Waals surface area (Å²) in [4.78, 5) is 4.56. The molecule has 4 rings (SSSR count). The predicted octanol–water partition coefficient (Wildman–Crippen LogP) is 8.22. The maximum atomic E-state index is 4.56. The van der Waals surface area contributed by atoms with Crippen LogP contribution in [0, 0.1) is 0 Å². The van der Waals surface area contributed by atoms with Crippen molar-refractivity contribution in [3.05, 3.63) is 112 Å². The van der Waals surface area contributed by atoms with Gasteiger partial charge in [0.25, 0.3) is 0 Å². The highest BCUT2D eigenvalue weighted by Gasteiger charge is 2.04. The number of allylic oxidation sites excluding steroid dienone is 1. The Kier molecular flexibility index (Phi) is 6.23. The van der Waals surface area contributed by atoms with Gasteiger partial charge in [0.05, 0.1) is 5.69 Å². The lowest BCUT2D eigenvalue weighted by Crippen LogP contribution is -1.99. The van der Waals surface area contributed by atoms with Crippen LogP contribution in [0.1, 0.15) is 5.56 Å². The summed E-state index contributed by atoms with van der Waals surface area (Å²) >= 11 is 6.94. The number of nitrogens with zero attached hydrogens (tertiary/aromatic N) is 1. The Balaban J connectivity index is 1.68. The third kappa shape index (κ3) is 5.22. The molecule has 0 saturated carbocycles. The summed E-state index contributed by atoms with van der Waals surface area (Å²) in [6.45, 7) is 0. The third-order valence-corrected chi connectivity index (χ3v) is 5.53. The predicted molar refractivity (Wildman–Crippen MR) is 132 cm³/mol. The average Bonchev–Trinajstić information content (AvgIpc) is 2.75. The van der Waals surface area contributed by atoms with E-state index in [0.717, 1.165) is 31.6 Å². The van der Waals surface area contributed by atoms with Gasteiger partial charge in [-0.05, 0) is 77.0 Å². The molecule has 0 amide bonds. The molecule has 0 fully saturated rings. The topological polar surface area (TPSA) is 24.4 Å². The molecule has 0 unspecified atom stereocenters. The van der Waals surface area contributed by atoms with Crippen LogP contribution in [0.3, 0.4) is 0 Å². The van der Waals surface area contributed by atoms with Crippen LogP contribution in [0.4, 0.5) is 11.4 Å². The van der Waals surface area contributed by atoms with Crippen LogP contribution >= 0.6 is 31.9 Å². The molecule has 0 aliphatic rings. The zero-order valence-corrected chi connectivity index (χ0v) is 18.7. The van der Waals surface area contributed by atoms with Gasteiger partial charge in [0, 0.05) is 26.5 Å². The van der Waals surface area contributed by atoms with E-state index in [1.165, 1.54) is 10.8 Å². The molecule has 4 aromatic rings. The van der Waals surface area contributed by atoms with Gasteiger partial charge in [-0.3, -0.25) is 4.99 Å². The van der Waals surface area contributed by atoms with Gasteiger partial charge in [0.15, 0.2) is 0 Å². The summed E-state index contributed by atoms with van der Waals surface area (Å²) in [7, 11) is 0. The molecule has 4 heteroatoms. The molecule has 0 spiro atoms. The minimum Gasteiger partial charge on any atom is -0.355 e. The lowest BCUT2D eigenvalue weighted by Gasteiger charge is -2.12. The van der Waals surface area contributed by atoms with E-state index in [0.29, 0.717) is 0 Å². The first-order chi connectivity index (χ1) is 14.2. The van der Waals surface area contributed by atoms with E-state index in [2.05, 4.69) is 84.6 Å². The van der Waals surface area contributed by atoms with Crippen LogP contribution < -0.4 is 5.32 Å². The SMILES string of the molecule is Brc1ccc(N=C/C=C(\Nc2ccc(Br)cc2)c2ccc3ccccc3c2)cc1. The molecule has 0 bridgehead atoms. The normalized spacial score (nSPS) is 11.9. The Morgan fingerprint density at radius 3 is 2.10 bits per heavy atom. The van der Waals surface area contributed by atoms with E-state index in [1.54, 1.807) is 0 Å². The summed E-state index contributed by atoms with van der Waals surface area (Å²) in [6, 6.07) is 30.9. The van der Waals surface area contributed by atoms with Gasteiger partial charge in [-0.2, -0.15) is 0 Å². The first kappa shape index (κ1) is 19.6.